The highest BCUT2D eigenvalue weighted by Gasteiger charge is 2.18. The van der Waals surface area contributed by atoms with E-state index >= 15 is 0 Å². The van der Waals surface area contributed by atoms with Crippen molar-refractivity contribution in [3.63, 3.8) is 0 Å². The van der Waals surface area contributed by atoms with Crippen molar-refractivity contribution in [1.82, 2.24) is 14.8 Å². The van der Waals surface area contributed by atoms with E-state index < -0.39 is 0 Å². The molecule has 98 valence electrons. The molecule has 1 aromatic heterocycles. The van der Waals surface area contributed by atoms with Crippen LogP contribution in [-0.4, -0.2) is 26.0 Å². The molecule has 0 saturated heterocycles. The maximum absolute atomic E-state index is 10.1. The molecule has 2 unspecified atom stereocenters. The summed E-state index contributed by atoms with van der Waals surface area (Å²) in [4.78, 5) is 4.23. The standard InChI is InChI=1S/C13H25N3O/c1-5-6-16-13(14-9-15-16)8-12(17)11(4)7-10(2)3/h9-12,17H,5-8H2,1-4H3. The molecule has 0 aliphatic heterocycles. The lowest BCUT2D eigenvalue weighted by Gasteiger charge is -2.20. The van der Waals surface area contributed by atoms with Crippen LogP contribution in [0.5, 0.6) is 0 Å². The van der Waals surface area contributed by atoms with Crippen LogP contribution in [0.2, 0.25) is 0 Å². The van der Waals surface area contributed by atoms with Crippen LogP contribution in [0, 0.1) is 11.8 Å². The molecule has 1 heterocycles. The summed E-state index contributed by atoms with van der Waals surface area (Å²) < 4.78 is 1.89. The molecule has 0 spiro atoms. The summed E-state index contributed by atoms with van der Waals surface area (Å²) in [7, 11) is 0. The van der Waals surface area contributed by atoms with Gasteiger partial charge >= 0.3 is 0 Å². The molecule has 0 saturated carbocycles. The summed E-state index contributed by atoms with van der Waals surface area (Å²) in [5.74, 6) is 1.82. The maximum Gasteiger partial charge on any atom is 0.138 e. The molecular weight excluding hydrogens is 214 g/mol. The van der Waals surface area contributed by atoms with Crippen molar-refractivity contribution in [3.8, 4) is 0 Å². The van der Waals surface area contributed by atoms with Crippen molar-refractivity contribution < 1.29 is 5.11 Å². The predicted molar refractivity (Wildman–Crippen MR) is 68.6 cm³/mol. The third-order valence-corrected chi connectivity index (χ3v) is 3.02. The van der Waals surface area contributed by atoms with E-state index in [1.807, 2.05) is 4.68 Å². The van der Waals surface area contributed by atoms with Crippen LogP contribution in [-0.2, 0) is 13.0 Å². The summed E-state index contributed by atoms with van der Waals surface area (Å²) in [6.45, 7) is 9.46. The van der Waals surface area contributed by atoms with Crippen LogP contribution in [0.4, 0.5) is 0 Å². The van der Waals surface area contributed by atoms with Gasteiger partial charge in [0.05, 0.1) is 6.10 Å². The molecule has 0 radical (unpaired) electrons. The highest BCUT2D eigenvalue weighted by Crippen LogP contribution is 2.17. The molecule has 0 aliphatic carbocycles. The first-order valence-corrected chi connectivity index (χ1v) is 6.59. The Hall–Kier alpha value is -0.900. The molecule has 17 heavy (non-hydrogen) atoms. The SMILES string of the molecule is CCCn1ncnc1CC(O)C(C)CC(C)C. The van der Waals surface area contributed by atoms with Crippen LogP contribution in [0.15, 0.2) is 6.33 Å². The second-order valence-corrected chi connectivity index (χ2v) is 5.28. The van der Waals surface area contributed by atoms with E-state index in [0.717, 1.165) is 25.2 Å². The van der Waals surface area contributed by atoms with Gasteiger partial charge in [0.2, 0.25) is 0 Å². The molecule has 1 N–H and O–H groups in total. The first-order valence-electron chi connectivity index (χ1n) is 6.59. The lowest BCUT2D eigenvalue weighted by molar-refractivity contribution is 0.102. The topological polar surface area (TPSA) is 50.9 Å². The minimum atomic E-state index is -0.322. The predicted octanol–water partition coefficient (Wildman–Crippen LogP) is 2.27. The summed E-state index contributed by atoms with van der Waals surface area (Å²) in [6.07, 6.45) is 3.94. The monoisotopic (exact) mass is 239 g/mol. The lowest BCUT2D eigenvalue weighted by Crippen LogP contribution is -2.24. The second kappa shape index (κ2) is 6.74. The third kappa shape index (κ3) is 4.46. The lowest BCUT2D eigenvalue weighted by atomic mass is 9.92. The van der Waals surface area contributed by atoms with Crippen LogP contribution >= 0.6 is 0 Å². The van der Waals surface area contributed by atoms with E-state index in [2.05, 4.69) is 37.8 Å². The molecule has 0 aliphatic rings. The zero-order valence-corrected chi connectivity index (χ0v) is 11.4. The second-order valence-electron chi connectivity index (χ2n) is 5.28. The smallest absolute Gasteiger partial charge is 0.138 e. The van der Waals surface area contributed by atoms with Gasteiger partial charge in [0, 0.05) is 13.0 Å². The van der Waals surface area contributed by atoms with Crippen LogP contribution < -0.4 is 0 Å². The average molecular weight is 239 g/mol. The van der Waals surface area contributed by atoms with Crippen molar-refractivity contribution in [2.45, 2.75) is 59.6 Å². The van der Waals surface area contributed by atoms with Crippen LogP contribution in [0.3, 0.4) is 0 Å². The quantitative estimate of drug-likeness (QED) is 0.794. The van der Waals surface area contributed by atoms with Gasteiger partial charge in [0.15, 0.2) is 0 Å². The molecule has 0 fully saturated rings. The Labute approximate surface area is 104 Å². The van der Waals surface area contributed by atoms with Gasteiger partial charge in [-0.15, -0.1) is 0 Å². The number of nitrogens with zero attached hydrogens (tertiary/aromatic N) is 3. The number of hydrogen-bond acceptors (Lipinski definition) is 3. The van der Waals surface area contributed by atoms with E-state index in [9.17, 15) is 5.11 Å². The van der Waals surface area contributed by atoms with E-state index in [4.69, 9.17) is 0 Å². The number of aromatic nitrogens is 3. The van der Waals surface area contributed by atoms with E-state index in [-0.39, 0.29) is 6.10 Å². The van der Waals surface area contributed by atoms with Gasteiger partial charge in [0.25, 0.3) is 0 Å². The van der Waals surface area contributed by atoms with Gasteiger partial charge in [-0.1, -0.05) is 27.7 Å². The Bertz CT molecular complexity index is 322. The van der Waals surface area contributed by atoms with Gasteiger partial charge in [-0.25, -0.2) is 4.98 Å². The summed E-state index contributed by atoms with van der Waals surface area (Å²) in [6, 6.07) is 0. The number of aliphatic hydroxyl groups is 1. The minimum Gasteiger partial charge on any atom is -0.392 e. The molecule has 2 atom stereocenters. The summed E-state index contributed by atoms with van der Waals surface area (Å²) >= 11 is 0. The largest absolute Gasteiger partial charge is 0.392 e. The zero-order chi connectivity index (χ0) is 12.8. The fourth-order valence-corrected chi connectivity index (χ4v) is 2.13. The van der Waals surface area contributed by atoms with Crippen molar-refractivity contribution in [3.05, 3.63) is 12.2 Å². The van der Waals surface area contributed by atoms with E-state index in [1.54, 1.807) is 6.33 Å². The number of rotatable bonds is 7. The Morgan fingerprint density at radius 1 is 1.35 bits per heavy atom. The van der Waals surface area contributed by atoms with Crippen LogP contribution in [0.1, 0.15) is 46.4 Å². The first kappa shape index (κ1) is 14.2. The van der Waals surface area contributed by atoms with E-state index in [1.165, 1.54) is 0 Å². The number of hydrogen-bond donors (Lipinski definition) is 1. The highest BCUT2D eigenvalue weighted by atomic mass is 16.3. The normalized spacial score (nSPS) is 15.2. The van der Waals surface area contributed by atoms with Crippen molar-refractivity contribution in [2.24, 2.45) is 11.8 Å². The Morgan fingerprint density at radius 3 is 2.65 bits per heavy atom. The van der Waals surface area contributed by atoms with Gasteiger partial charge < -0.3 is 5.11 Å². The van der Waals surface area contributed by atoms with Gasteiger partial charge in [-0.2, -0.15) is 5.10 Å². The van der Waals surface area contributed by atoms with Crippen molar-refractivity contribution in [1.29, 1.82) is 0 Å². The fraction of sp³-hybridized carbons (Fsp3) is 0.846. The number of aryl methyl sites for hydroxylation is 1. The van der Waals surface area contributed by atoms with Gasteiger partial charge in [-0.3, -0.25) is 4.68 Å². The molecule has 4 heteroatoms. The summed E-state index contributed by atoms with van der Waals surface area (Å²) in [5.41, 5.74) is 0. The summed E-state index contributed by atoms with van der Waals surface area (Å²) in [5, 5.41) is 14.3. The zero-order valence-electron chi connectivity index (χ0n) is 11.4. The minimum absolute atomic E-state index is 0.307. The highest BCUT2D eigenvalue weighted by molar-refractivity contribution is 4.88. The number of aliphatic hydroxyl groups excluding tert-OH is 1. The molecule has 1 aromatic rings. The third-order valence-electron chi connectivity index (χ3n) is 3.02. The van der Waals surface area contributed by atoms with Crippen LogP contribution in [0.25, 0.3) is 0 Å². The molecule has 1 rings (SSSR count). The Kier molecular flexibility index (Phi) is 5.62. The van der Waals surface area contributed by atoms with Gasteiger partial charge in [-0.05, 0) is 24.7 Å². The van der Waals surface area contributed by atoms with Crippen molar-refractivity contribution in [2.75, 3.05) is 0 Å². The Morgan fingerprint density at radius 2 is 2.06 bits per heavy atom. The fourth-order valence-electron chi connectivity index (χ4n) is 2.13. The molecule has 4 nitrogen and oxygen atoms in total. The average Bonchev–Trinajstić information content (AvgIpc) is 2.65. The van der Waals surface area contributed by atoms with Gasteiger partial charge in [0.1, 0.15) is 12.2 Å². The Balaban J connectivity index is 2.54. The maximum atomic E-state index is 10.1. The molecule has 0 amide bonds. The van der Waals surface area contributed by atoms with Crippen molar-refractivity contribution >= 4 is 0 Å². The van der Waals surface area contributed by atoms with E-state index in [0.29, 0.717) is 18.3 Å². The molecule has 0 bridgehead atoms. The molecular formula is C13H25N3O. The molecule has 0 aromatic carbocycles. The first-order chi connectivity index (χ1) is 8.04.